The smallest absolute Gasteiger partial charge is 0.279 e. The number of hydrogen-bond donors (Lipinski definition) is 1. The minimum absolute atomic E-state index is 0.109. The molecule has 0 aliphatic carbocycles. The Balaban J connectivity index is 1.90. The summed E-state index contributed by atoms with van der Waals surface area (Å²) in [6.45, 7) is 1.27. The van der Waals surface area contributed by atoms with Gasteiger partial charge in [0.25, 0.3) is 17.3 Å². The number of nitro groups is 2. The van der Waals surface area contributed by atoms with Crippen molar-refractivity contribution < 1.29 is 14.6 Å². The van der Waals surface area contributed by atoms with Crippen LogP contribution in [0.4, 0.5) is 16.5 Å². The summed E-state index contributed by atoms with van der Waals surface area (Å²) in [6, 6.07) is 11.4. The molecule has 0 aliphatic heterocycles. The fourth-order valence-corrected chi connectivity index (χ4v) is 3.15. The highest BCUT2D eigenvalue weighted by Crippen LogP contribution is 2.30. The maximum Gasteiger partial charge on any atom is 0.279 e. The van der Waals surface area contributed by atoms with Crippen LogP contribution < -0.4 is 5.32 Å². The van der Waals surface area contributed by atoms with Gasteiger partial charge in [0.05, 0.1) is 21.1 Å². The topological polar surface area (TPSA) is 128 Å². The third-order valence-electron chi connectivity index (χ3n) is 3.80. The number of nitrogens with one attached hydrogen (secondary N) is 1. The van der Waals surface area contributed by atoms with Crippen LogP contribution in [0.2, 0.25) is 0 Å². The minimum atomic E-state index is -0.754. The van der Waals surface area contributed by atoms with E-state index in [-0.39, 0.29) is 16.3 Å². The predicted octanol–water partition coefficient (Wildman–Crippen LogP) is 4.19. The maximum absolute atomic E-state index is 12.4. The second-order valence-corrected chi connectivity index (χ2v) is 6.37. The number of carbonyl (C=O) groups excluding carboxylic acids is 1. The summed E-state index contributed by atoms with van der Waals surface area (Å²) >= 11 is 1.18. The molecular weight excluding hydrogens is 372 g/mol. The number of anilines is 1. The number of amides is 1. The van der Waals surface area contributed by atoms with Gasteiger partial charge in [-0.3, -0.25) is 30.3 Å². The summed E-state index contributed by atoms with van der Waals surface area (Å²) in [5.74, 6) is -0.713. The van der Waals surface area contributed by atoms with Crippen molar-refractivity contribution in [3.8, 4) is 11.3 Å². The second kappa shape index (κ2) is 7.30. The van der Waals surface area contributed by atoms with Gasteiger partial charge in [0, 0.05) is 23.1 Å². The summed E-state index contributed by atoms with van der Waals surface area (Å²) in [7, 11) is 0. The van der Waals surface area contributed by atoms with Crippen molar-refractivity contribution in [2.75, 3.05) is 5.32 Å². The van der Waals surface area contributed by atoms with Gasteiger partial charge in [-0.05, 0) is 6.92 Å². The van der Waals surface area contributed by atoms with E-state index in [1.165, 1.54) is 18.3 Å². The minimum Gasteiger partial charge on any atom is -0.298 e. The average molecular weight is 384 g/mol. The fraction of sp³-hybridized carbons (Fsp3) is 0.0588. The van der Waals surface area contributed by atoms with Crippen molar-refractivity contribution in [1.82, 2.24) is 4.98 Å². The number of carbonyl (C=O) groups is 1. The molecule has 0 radical (unpaired) electrons. The molecule has 27 heavy (non-hydrogen) atoms. The predicted molar refractivity (Wildman–Crippen MR) is 100.0 cm³/mol. The SMILES string of the molecule is Cc1c([N+](=O)[O-])cc(C(=O)Nc2nc(-c3ccccc3)cs2)cc1[N+](=O)[O-]. The molecule has 3 aromatic rings. The van der Waals surface area contributed by atoms with Crippen molar-refractivity contribution in [3.63, 3.8) is 0 Å². The van der Waals surface area contributed by atoms with Crippen LogP contribution in [-0.4, -0.2) is 20.7 Å². The molecule has 2 aromatic carbocycles. The zero-order valence-electron chi connectivity index (χ0n) is 13.9. The van der Waals surface area contributed by atoms with E-state index >= 15 is 0 Å². The van der Waals surface area contributed by atoms with Crippen LogP contribution in [0.25, 0.3) is 11.3 Å². The summed E-state index contributed by atoms with van der Waals surface area (Å²) < 4.78 is 0. The highest BCUT2D eigenvalue weighted by molar-refractivity contribution is 7.14. The lowest BCUT2D eigenvalue weighted by atomic mass is 10.1. The van der Waals surface area contributed by atoms with Crippen LogP contribution in [0.1, 0.15) is 15.9 Å². The van der Waals surface area contributed by atoms with Gasteiger partial charge in [-0.15, -0.1) is 11.3 Å². The lowest BCUT2D eigenvalue weighted by molar-refractivity contribution is -0.395. The monoisotopic (exact) mass is 384 g/mol. The molecule has 0 saturated heterocycles. The lowest BCUT2D eigenvalue weighted by Gasteiger charge is -2.04. The standard InChI is InChI=1S/C17H12N4O5S/c1-10-14(20(23)24)7-12(8-15(10)21(25)26)16(22)19-17-18-13(9-27-17)11-5-3-2-4-6-11/h2-9H,1H3,(H,18,19,22). The van der Waals surface area contributed by atoms with Gasteiger partial charge >= 0.3 is 0 Å². The Morgan fingerprint density at radius 3 is 2.22 bits per heavy atom. The highest BCUT2D eigenvalue weighted by atomic mass is 32.1. The first-order valence-electron chi connectivity index (χ1n) is 7.62. The first kappa shape index (κ1) is 18.1. The van der Waals surface area contributed by atoms with Crippen LogP contribution in [-0.2, 0) is 0 Å². The van der Waals surface area contributed by atoms with E-state index in [1.54, 1.807) is 5.38 Å². The molecule has 0 atom stereocenters. The molecule has 0 fully saturated rings. The molecule has 1 aromatic heterocycles. The van der Waals surface area contributed by atoms with Gasteiger partial charge in [0.2, 0.25) is 0 Å². The quantitative estimate of drug-likeness (QED) is 0.519. The van der Waals surface area contributed by atoms with E-state index in [1.807, 2.05) is 30.3 Å². The van der Waals surface area contributed by atoms with Gasteiger partial charge in [0.1, 0.15) is 5.56 Å². The fourth-order valence-electron chi connectivity index (χ4n) is 2.44. The molecule has 0 saturated carbocycles. The van der Waals surface area contributed by atoms with E-state index in [4.69, 9.17) is 0 Å². The molecule has 0 aliphatic rings. The van der Waals surface area contributed by atoms with E-state index in [0.29, 0.717) is 5.69 Å². The first-order chi connectivity index (χ1) is 12.9. The first-order valence-corrected chi connectivity index (χ1v) is 8.50. The third kappa shape index (κ3) is 3.80. The van der Waals surface area contributed by atoms with Gasteiger partial charge in [0.15, 0.2) is 5.13 Å². The molecule has 0 bridgehead atoms. The van der Waals surface area contributed by atoms with Crippen molar-refractivity contribution in [2.45, 2.75) is 6.92 Å². The van der Waals surface area contributed by atoms with E-state index < -0.39 is 27.1 Å². The number of thiazole rings is 1. The number of benzene rings is 2. The molecule has 10 heteroatoms. The summed E-state index contributed by atoms with van der Waals surface area (Å²) in [4.78, 5) is 37.5. The third-order valence-corrected chi connectivity index (χ3v) is 4.56. The maximum atomic E-state index is 12.4. The summed E-state index contributed by atoms with van der Waals surface area (Å²) in [5, 5.41) is 26.8. The molecule has 3 rings (SSSR count). The molecule has 0 unspecified atom stereocenters. The Hall–Kier alpha value is -3.66. The Kier molecular flexibility index (Phi) is 4.90. The Bertz CT molecular complexity index is 1010. The molecule has 0 spiro atoms. The number of aromatic nitrogens is 1. The largest absolute Gasteiger partial charge is 0.298 e. The van der Waals surface area contributed by atoms with Crippen LogP contribution in [0.15, 0.2) is 47.8 Å². The van der Waals surface area contributed by atoms with Gasteiger partial charge in [-0.1, -0.05) is 30.3 Å². The number of rotatable bonds is 5. The van der Waals surface area contributed by atoms with Crippen molar-refractivity contribution in [3.05, 3.63) is 79.2 Å². The van der Waals surface area contributed by atoms with E-state index in [9.17, 15) is 25.0 Å². The molecule has 1 heterocycles. The molecule has 1 N–H and O–H groups in total. The summed E-state index contributed by atoms with van der Waals surface area (Å²) in [6.07, 6.45) is 0. The van der Waals surface area contributed by atoms with Crippen molar-refractivity contribution in [2.24, 2.45) is 0 Å². The molecule has 9 nitrogen and oxygen atoms in total. The molecule has 1 amide bonds. The number of nitro benzene ring substituents is 2. The summed E-state index contributed by atoms with van der Waals surface area (Å²) in [5.41, 5.74) is 0.266. The van der Waals surface area contributed by atoms with Crippen molar-refractivity contribution in [1.29, 1.82) is 0 Å². The second-order valence-electron chi connectivity index (χ2n) is 5.51. The highest BCUT2D eigenvalue weighted by Gasteiger charge is 2.25. The molecule has 136 valence electrons. The molecular formula is C17H12N4O5S. The lowest BCUT2D eigenvalue weighted by Crippen LogP contribution is -2.13. The van der Waals surface area contributed by atoms with Crippen LogP contribution in [0, 0.1) is 27.2 Å². The van der Waals surface area contributed by atoms with Crippen LogP contribution in [0.5, 0.6) is 0 Å². The number of hydrogen-bond acceptors (Lipinski definition) is 7. The van der Waals surface area contributed by atoms with Crippen molar-refractivity contribution >= 4 is 33.8 Å². The zero-order chi connectivity index (χ0) is 19.6. The average Bonchev–Trinajstić information content (AvgIpc) is 3.10. The van der Waals surface area contributed by atoms with Gasteiger partial charge in [-0.25, -0.2) is 4.98 Å². The van der Waals surface area contributed by atoms with E-state index in [0.717, 1.165) is 17.7 Å². The van der Waals surface area contributed by atoms with Crippen LogP contribution >= 0.6 is 11.3 Å². The van der Waals surface area contributed by atoms with Gasteiger partial charge < -0.3 is 0 Å². The number of nitrogens with zero attached hydrogens (tertiary/aromatic N) is 3. The van der Waals surface area contributed by atoms with Crippen LogP contribution in [0.3, 0.4) is 0 Å². The normalized spacial score (nSPS) is 10.4. The van der Waals surface area contributed by atoms with Gasteiger partial charge in [-0.2, -0.15) is 0 Å². The Labute approximate surface area is 156 Å². The van der Waals surface area contributed by atoms with E-state index in [2.05, 4.69) is 10.3 Å². The Morgan fingerprint density at radius 2 is 1.67 bits per heavy atom. The Morgan fingerprint density at radius 1 is 1.07 bits per heavy atom. The zero-order valence-corrected chi connectivity index (χ0v) is 14.7.